The molecule has 1 amide bonds. The number of alkyl halides is 1. The minimum Gasteiger partial charge on any atom is -0.334 e. The molecule has 112 valence electrons. The highest BCUT2D eigenvalue weighted by atomic mass is 35.5. The van der Waals surface area contributed by atoms with Gasteiger partial charge >= 0.3 is 0 Å². The Labute approximate surface area is 128 Å². The molecule has 0 bridgehead atoms. The molecule has 3 heteroatoms. The SMILES string of the molecule is CCC(CC)N(CCCl)C(=O)c1ccc(C(C)C)cc1. The molecule has 0 heterocycles. The third-order valence-electron chi connectivity index (χ3n) is 3.79. The van der Waals surface area contributed by atoms with Crippen molar-refractivity contribution in [3.8, 4) is 0 Å². The molecule has 1 aromatic carbocycles. The lowest BCUT2D eigenvalue weighted by atomic mass is 10.0. The highest BCUT2D eigenvalue weighted by Gasteiger charge is 2.21. The lowest BCUT2D eigenvalue weighted by Gasteiger charge is -2.30. The van der Waals surface area contributed by atoms with Gasteiger partial charge in [0.05, 0.1) is 0 Å². The predicted octanol–water partition coefficient (Wildman–Crippen LogP) is 4.68. The normalized spacial score (nSPS) is 11.2. The fourth-order valence-corrected chi connectivity index (χ4v) is 2.63. The van der Waals surface area contributed by atoms with Gasteiger partial charge in [0, 0.05) is 24.0 Å². The summed E-state index contributed by atoms with van der Waals surface area (Å²) in [5.41, 5.74) is 2.01. The molecule has 0 atom stereocenters. The topological polar surface area (TPSA) is 20.3 Å². The van der Waals surface area contributed by atoms with Crippen LogP contribution in [0.2, 0.25) is 0 Å². The first-order valence-corrected chi connectivity index (χ1v) is 8.05. The molecule has 0 aliphatic rings. The van der Waals surface area contributed by atoms with Crippen LogP contribution in [0.15, 0.2) is 24.3 Å². The van der Waals surface area contributed by atoms with Gasteiger partial charge in [-0.15, -0.1) is 11.6 Å². The summed E-state index contributed by atoms with van der Waals surface area (Å²) < 4.78 is 0. The van der Waals surface area contributed by atoms with Crippen LogP contribution < -0.4 is 0 Å². The van der Waals surface area contributed by atoms with Gasteiger partial charge in [-0.25, -0.2) is 0 Å². The van der Waals surface area contributed by atoms with Crippen molar-refractivity contribution in [1.29, 1.82) is 0 Å². The van der Waals surface area contributed by atoms with Crippen molar-refractivity contribution in [2.24, 2.45) is 0 Å². The number of carbonyl (C=O) groups excluding carboxylic acids is 1. The quantitative estimate of drug-likeness (QED) is 0.669. The summed E-state index contributed by atoms with van der Waals surface area (Å²) in [7, 11) is 0. The summed E-state index contributed by atoms with van der Waals surface area (Å²) in [4.78, 5) is 14.6. The van der Waals surface area contributed by atoms with Crippen LogP contribution in [0.25, 0.3) is 0 Å². The summed E-state index contributed by atoms with van der Waals surface area (Å²) in [6.45, 7) is 9.15. The summed E-state index contributed by atoms with van der Waals surface area (Å²) >= 11 is 5.86. The molecule has 0 N–H and O–H groups in total. The van der Waals surface area contributed by atoms with E-state index in [4.69, 9.17) is 11.6 Å². The second-order valence-corrected chi connectivity index (χ2v) is 5.81. The fourth-order valence-electron chi connectivity index (χ4n) is 2.45. The smallest absolute Gasteiger partial charge is 0.254 e. The molecule has 20 heavy (non-hydrogen) atoms. The van der Waals surface area contributed by atoms with Crippen molar-refractivity contribution in [3.63, 3.8) is 0 Å². The number of hydrogen-bond donors (Lipinski definition) is 0. The maximum Gasteiger partial charge on any atom is 0.254 e. The maximum absolute atomic E-state index is 12.6. The zero-order chi connectivity index (χ0) is 15.1. The molecule has 2 nitrogen and oxygen atoms in total. The third kappa shape index (κ3) is 4.24. The minimum absolute atomic E-state index is 0.0923. The minimum atomic E-state index is 0.0923. The first kappa shape index (κ1) is 17.0. The Morgan fingerprint density at radius 2 is 1.70 bits per heavy atom. The zero-order valence-electron chi connectivity index (χ0n) is 13.0. The molecule has 0 aliphatic heterocycles. The van der Waals surface area contributed by atoms with Gasteiger partial charge in [0.25, 0.3) is 5.91 Å². The van der Waals surface area contributed by atoms with Gasteiger partial charge in [-0.1, -0.05) is 39.8 Å². The lowest BCUT2D eigenvalue weighted by molar-refractivity contribution is 0.0681. The van der Waals surface area contributed by atoms with E-state index >= 15 is 0 Å². The summed E-state index contributed by atoms with van der Waals surface area (Å²) in [5, 5.41) is 0. The highest BCUT2D eigenvalue weighted by molar-refractivity contribution is 6.18. The van der Waals surface area contributed by atoms with Crippen LogP contribution in [0.1, 0.15) is 62.4 Å². The molecular formula is C17H26ClNO. The van der Waals surface area contributed by atoms with Crippen molar-refractivity contribution in [3.05, 3.63) is 35.4 Å². The first-order valence-electron chi connectivity index (χ1n) is 7.51. The number of halogens is 1. The van der Waals surface area contributed by atoms with Crippen LogP contribution >= 0.6 is 11.6 Å². The molecule has 0 saturated carbocycles. The van der Waals surface area contributed by atoms with E-state index in [0.29, 0.717) is 18.3 Å². The third-order valence-corrected chi connectivity index (χ3v) is 3.96. The Kier molecular flexibility index (Phi) is 7.08. The molecule has 0 fully saturated rings. The van der Waals surface area contributed by atoms with Gasteiger partial charge in [-0.3, -0.25) is 4.79 Å². The largest absolute Gasteiger partial charge is 0.334 e. The van der Waals surface area contributed by atoms with Crippen LogP contribution in [-0.4, -0.2) is 29.3 Å². The standard InChI is InChI=1S/C17H26ClNO/c1-5-16(6-2)19(12-11-18)17(20)15-9-7-14(8-10-15)13(3)4/h7-10,13,16H,5-6,11-12H2,1-4H3. The van der Waals surface area contributed by atoms with E-state index < -0.39 is 0 Å². The Hall–Kier alpha value is -1.02. The average Bonchev–Trinajstić information content (AvgIpc) is 2.47. The molecule has 0 spiro atoms. The number of carbonyl (C=O) groups is 1. The van der Waals surface area contributed by atoms with E-state index in [1.807, 2.05) is 29.2 Å². The van der Waals surface area contributed by atoms with E-state index in [0.717, 1.165) is 18.4 Å². The monoisotopic (exact) mass is 295 g/mol. The number of nitrogens with zero attached hydrogens (tertiary/aromatic N) is 1. The van der Waals surface area contributed by atoms with Crippen LogP contribution in [-0.2, 0) is 0 Å². The Morgan fingerprint density at radius 1 is 1.15 bits per heavy atom. The lowest BCUT2D eigenvalue weighted by Crippen LogP contribution is -2.41. The number of benzene rings is 1. The van der Waals surface area contributed by atoms with E-state index in [9.17, 15) is 4.79 Å². The van der Waals surface area contributed by atoms with Crippen LogP contribution in [0.3, 0.4) is 0 Å². The van der Waals surface area contributed by atoms with Gasteiger partial charge in [0.2, 0.25) is 0 Å². The second kappa shape index (κ2) is 8.31. The van der Waals surface area contributed by atoms with E-state index in [1.54, 1.807) is 0 Å². The summed E-state index contributed by atoms with van der Waals surface area (Å²) in [5.74, 6) is 1.05. The van der Waals surface area contributed by atoms with Crippen LogP contribution in [0.4, 0.5) is 0 Å². The maximum atomic E-state index is 12.6. The van der Waals surface area contributed by atoms with Gasteiger partial charge in [0.1, 0.15) is 0 Å². The molecule has 1 aromatic rings. The Balaban J connectivity index is 2.93. The predicted molar refractivity (Wildman–Crippen MR) is 86.7 cm³/mol. The van der Waals surface area contributed by atoms with Gasteiger partial charge < -0.3 is 4.90 Å². The number of rotatable bonds is 7. The van der Waals surface area contributed by atoms with Crippen molar-refractivity contribution in [2.45, 2.75) is 52.5 Å². The fraction of sp³-hybridized carbons (Fsp3) is 0.588. The van der Waals surface area contributed by atoms with Crippen LogP contribution in [0.5, 0.6) is 0 Å². The molecule has 0 radical (unpaired) electrons. The Morgan fingerprint density at radius 3 is 2.10 bits per heavy atom. The van der Waals surface area contributed by atoms with Gasteiger partial charge in [-0.05, 0) is 36.5 Å². The second-order valence-electron chi connectivity index (χ2n) is 5.43. The van der Waals surface area contributed by atoms with Crippen molar-refractivity contribution < 1.29 is 4.79 Å². The molecule has 0 unspecified atom stereocenters. The Bertz CT molecular complexity index is 410. The average molecular weight is 296 g/mol. The number of amides is 1. The molecule has 0 saturated heterocycles. The number of hydrogen-bond acceptors (Lipinski definition) is 1. The molecular weight excluding hydrogens is 270 g/mol. The van der Waals surface area contributed by atoms with Crippen molar-refractivity contribution in [2.75, 3.05) is 12.4 Å². The van der Waals surface area contributed by atoms with E-state index in [-0.39, 0.29) is 11.9 Å². The highest BCUT2D eigenvalue weighted by Crippen LogP contribution is 2.18. The van der Waals surface area contributed by atoms with Gasteiger partial charge in [0.15, 0.2) is 0 Å². The first-order chi connectivity index (χ1) is 9.54. The van der Waals surface area contributed by atoms with Crippen molar-refractivity contribution >= 4 is 17.5 Å². The van der Waals surface area contributed by atoms with Crippen molar-refractivity contribution in [1.82, 2.24) is 4.90 Å². The van der Waals surface area contributed by atoms with E-state index in [2.05, 4.69) is 27.7 Å². The molecule has 0 aromatic heterocycles. The molecule has 1 rings (SSSR count). The summed E-state index contributed by atoms with van der Waals surface area (Å²) in [6, 6.07) is 8.22. The summed E-state index contributed by atoms with van der Waals surface area (Å²) in [6.07, 6.45) is 1.92. The zero-order valence-corrected chi connectivity index (χ0v) is 13.8. The molecule has 0 aliphatic carbocycles. The van der Waals surface area contributed by atoms with E-state index in [1.165, 1.54) is 5.56 Å². The van der Waals surface area contributed by atoms with Gasteiger partial charge in [-0.2, -0.15) is 0 Å². The van der Waals surface area contributed by atoms with Crippen LogP contribution in [0, 0.1) is 0 Å².